The van der Waals surface area contributed by atoms with Crippen molar-refractivity contribution in [2.45, 2.75) is 45.2 Å². The third kappa shape index (κ3) is 5.23. The minimum Gasteiger partial charge on any atom is -0.353 e. The first-order valence-electron chi connectivity index (χ1n) is 8.04. The van der Waals surface area contributed by atoms with Gasteiger partial charge in [0, 0.05) is 25.2 Å². The molecule has 0 unspecified atom stereocenters. The number of nitrogens with zero attached hydrogens (tertiary/aromatic N) is 1. The molecule has 0 bridgehead atoms. The highest BCUT2D eigenvalue weighted by Gasteiger charge is 2.24. The Morgan fingerprint density at radius 3 is 2.52 bits per heavy atom. The zero-order valence-electron chi connectivity index (χ0n) is 13.6. The number of carbonyl (C=O) groups is 2. The van der Waals surface area contributed by atoms with Crippen molar-refractivity contribution in [3.8, 4) is 0 Å². The van der Waals surface area contributed by atoms with Crippen LogP contribution in [0, 0.1) is 5.82 Å². The van der Waals surface area contributed by atoms with E-state index in [9.17, 15) is 14.0 Å². The number of nitrogens with one attached hydrogen (secondary N) is 2. The molecule has 1 aliphatic rings. The number of halogens is 1. The molecule has 3 amide bonds. The van der Waals surface area contributed by atoms with Crippen LogP contribution in [-0.4, -0.2) is 42.0 Å². The summed E-state index contributed by atoms with van der Waals surface area (Å²) in [7, 11) is 0. The number of benzene rings is 1. The van der Waals surface area contributed by atoms with Gasteiger partial charge in [-0.2, -0.15) is 0 Å². The van der Waals surface area contributed by atoms with Gasteiger partial charge >= 0.3 is 6.03 Å². The number of likely N-dealkylation sites (tertiary alicyclic amines) is 1. The van der Waals surface area contributed by atoms with Gasteiger partial charge in [-0.3, -0.25) is 4.79 Å². The van der Waals surface area contributed by atoms with Crippen molar-refractivity contribution < 1.29 is 14.0 Å². The second kappa shape index (κ2) is 7.94. The van der Waals surface area contributed by atoms with Crippen molar-refractivity contribution in [2.24, 2.45) is 0 Å². The standard InChI is InChI=1S/C17H24FN3O2/c1-12(2)19-17(23)21-9-7-14(8-10-21)20-16(22)11-13-5-3-4-6-15(13)18/h3-6,12,14H,7-11H2,1-2H3,(H,19,23)(H,20,22). The van der Waals surface area contributed by atoms with Crippen molar-refractivity contribution in [3.63, 3.8) is 0 Å². The SMILES string of the molecule is CC(C)NC(=O)N1CCC(NC(=O)Cc2ccccc2F)CC1. The Labute approximate surface area is 136 Å². The van der Waals surface area contributed by atoms with E-state index in [2.05, 4.69) is 10.6 Å². The fourth-order valence-electron chi connectivity index (χ4n) is 2.66. The van der Waals surface area contributed by atoms with Crippen molar-refractivity contribution in [3.05, 3.63) is 35.6 Å². The Kier molecular flexibility index (Phi) is 5.96. The maximum atomic E-state index is 13.5. The molecule has 0 saturated carbocycles. The van der Waals surface area contributed by atoms with Gasteiger partial charge in [0.15, 0.2) is 0 Å². The molecule has 0 aromatic heterocycles. The summed E-state index contributed by atoms with van der Waals surface area (Å²) in [6.45, 7) is 5.08. The van der Waals surface area contributed by atoms with Crippen LogP contribution < -0.4 is 10.6 Å². The number of hydrogen-bond acceptors (Lipinski definition) is 2. The monoisotopic (exact) mass is 321 g/mol. The van der Waals surface area contributed by atoms with E-state index in [1.807, 2.05) is 13.8 Å². The van der Waals surface area contributed by atoms with E-state index in [1.165, 1.54) is 6.07 Å². The van der Waals surface area contributed by atoms with Crippen LogP contribution in [0.25, 0.3) is 0 Å². The lowest BCUT2D eigenvalue weighted by Gasteiger charge is -2.33. The summed E-state index contributed by atoms with van der Waals surface area (Å²) in [4.78, 5) is 25.7. The first-order chi connectivity index (χ1) is 11.0. The summed E-state index contributed by atoms with van der Waals surface area (Å²) in [5.41, 5.74) is 0.402. The largest absolute Gasteiger partial charge is 0.353 e. The van der Waals surface area contributed by atoms with Gasteiger partial charge in [-0.25, -0.2) is 9.18 Å². The van der Waals surface area contributed by atoms with Crippen molar-refractivity contribution in [1.82, 2.24) is 15.5 Å². The highest BCUT2D eigenvalue weighted by atomic mass is 19.1. The molecule has 2 rings (SSSR count). The normalized spacial score (nSPS) is 15.6. The molecule has 0 spiro atoms. The molecular formula is C17H24FN3O2. The highest BCUT2D eigenvalue weighted by molar-refractivity contribution is 5.79. The summed E-state index contributed by atoms with van der Waals surface area (Å²) >= 11 is 0. The van der Waals surface area contributed by atoms with Crippen LogP contribution in [0.5, 0.6) is 0 Å². The second-order valence-electron chi connectivity index (χ2n) is 6.20. The summed E-state index contributed by atoms with van der Waals surface area (Å²) in [5, 5.41) is 5.80. The lowest BCUT2D eigenvalue weighted by atomic mass is 10.0. The minimum atomic E-state index is -0.358. The molecule has 1 heterocycles. The van der Waals surface area contributed by atoms with Gasteiger partial charge in [0.1, 0.15) is 5.82 Å². The molecule has 1 aromatic rings. The number of rotatable bonds is 4. The summed E-state index contributed by atoms with van der Waals surface area (Å²) < 4.78 is 13.5. The molecule has 1 fully saturated rings. The summed E-state index contributed by atoms with van der Waals surface area (Å²) in [6, 6.07) is 6.39. The van der Waals surface area contributed by atoms with Gasteiger partial charge in [0.2, 0.25) is 5.91 Å². The Hall–Kier alpha value is -2.11. The topological polar surface area (TPSA) is 61.4 Å². The average Bonchev–Trinajstić information content (AvgIpc) is 2.49. The van der Waals surface area contributed by atoms with E-state index in [-0.39, 0.29) is 36.3 Å². The third-order valence-corrected chi connectivity index (χ3v) is 3.87. The van der Waals surface area contributed by atoms with Gasteiger partial charge in [-0.15, -0.1) is 0 Å². The van der Waals surface area contributed by atoms with Crippen molar-refractivity contribution in [2.75, 3.05) is 13.1 Å². The van der Waals surface area contributed by atoms with E-state index in [4.69, 9.17) is 0 Å². The predicted molar refractivity (Wildman–Crippen MR) is 86.5 cm³/mol. The van der Waals surface area contributed by atoms with Crippen LogP contribution in [0.2, 0.25) is 0 Å². The highest BCUT2D eigenvalue weighted by Crippen LogP contribution is 2.12. The Morgan fingerprint density at radius 1 is 1.26 bits per heavy atom. The lowest BCUT2D eigenvalue weighted by molar-refractivity contribution is -0.121. The molecule has 6 heteroatoms. The number of hydrogen-bond donors (Lipinski definition) is 2. The lowest BCUT2D eigenvalue weighted by Crippen LogP contribution is -2.50. The molecule has 1 saturated heterocycles. The first-order valence-corrected chi connectivity index (χ1v) is 8.04. The fourth-order valence-corrected chi connectivity index (χ4v) is 2.66. The maximum Gasteiger partial charge on any atom is 0.317 e. The molecule has 23 heavy (non-hydrogen) atoms. The summed E-state index contributed by atoms with van der Waals surface area (Å²) in [5.74, 6) is -0.539. The van der Waals surface area contributed by atoms with Crippen LogP contribution in [0.4, 0.5) is 9.18 Å². The van der Waals surface area contributed by atoms with Gasteiger partial charge in [-0.1, -0.05) is 18.2 Å². The number of urea groups is 1. The van der Waals surface area contributed by atoms with E-state index >= 15 is 0 Å². The smallest absolute Gasteiger partial charge is 0.317 e. The van der Waals surface area contributed by atoms with Crippen LogP contribution >= 0.6 is 0 Å². The number of amides is 3. The molecule has 0 radical (unpaired) electrons. The van der Waals surface area contributed by atoms with E-state index in [0.29, 0.717) is 31.5 Å². The van der Waals surface area contributed by atoms with Crippen molar-refractivity contribution >= 4 is 11.9 Å². The average molecular weight is 321 g/mol. The minimum absolute atomic E-state index is 0.0392. The maximum absolute atomic E-state index is 13.5. The zero-order chi connectivity index (χ0) is 16.8. The van der Waals surface area contributed by atoms with Gasteiger partial charge in [0.05, 0.1) is 6.42 Å². The predicted octanol–water partition coefficient (Wildman–Crippen LogP) is 2.07. The Bertz CT molecular complexity index is 555. The first kappa shape index (κ1) is 17.2. The van der Waals surface area contributed by atoms with E-state index < -0.39 is 0 Å². The third-order valence-electron chi connectivity index (χ3n) is 3.87. The van der Waals surface area contributed by atoms with Crippen LogP contribution in [0.1, 0.15) is 32.3 Å². The van der Waals surface area contributed by atoms with Crippen LogP contribution in [-0.2, 0) is 11.2 Å². The Morgan fingerprint density at radius 2 is 1.91 bits per heavy atom. The molecule has 1 aliphatic heterocycles. The quantitative estimate of drug-likeness (QED) is 0.892. The number of carbonyl (C=O) groups excluding carboxylic acids is 2. The van der Waals surface area contributed by atoms with Gasteiger partial charge < -0.3 is 15.5 Å². The Balaban J connectivity index is 1.77. The van der Waals surface area contributed by atoms with Gasteiger partial charge in [0.25, 0.3) is 0 Å². The molecule has 5 nitrogen and oxygen atoms in total. The van der Waals surface area contributed by atoms with Crippen LogP contribution in [0.15, 0.2) is 24.3 Å². The fraction of sp³-hybridized carbons (Fsp3) is 0.529. The van der Waals surface area contributed by atoms with E-state index in [1.54, 1.807) is 23.1 Å². The number of piperidine rings is 1. The molecule has 2 N–H and O–H groups in total. The molecule has 0 atom stereocenters. The zero-order valence-corrected chi connectivity index (χ0v) is 13.6. The van der Waals surface area contributed by atoms with Crippen molar-refractivity contribution in [1.29, 1.82) is 0 Å². The molecule has 126 valence electrons. The van der Waals surface area contributed by atoms with E-state index in [0.717, 1.165) is 0 Å². The van der Waals surface area contributed by atoms with Crippen LogP contribution in [0.3, 0.4) is 0 Å². The molecule has 0 aliphatic carbocycles. The second-order valence-corrected chi connectivity index (χ2v) is 6.20. The van der Waals surface area contributed by atoms with Gasteiger partial charge in [-0.05, 0) is 38.3 Å². The molecule has 1 aromatic carbocycles. The molecular weight excluding hydrogens is 297 g/mol. The summed E-state index contributed by atoms with van der Waals surface area (Å²) in [6.07, 6.45) is 1.48.